The number of rotatable bonds is 4. The summed E-state index contributed by atoms with van der Waals surface area (Å²) in [7, 11) is 0. The number of carbonyl (C=O) groups excluding carboxylic acids is 1. The molecule has 0 saturated carbocycles. The van der Waals surface area contributed by atoms with Crippen molar-refractivity contribution in [3.05, 3.63) is 66.1 Å². The third kappa shape index (κ3) is 2.67. The molecule has 0 saturated heterocycles. The summed E-state index contributed by atoms with van der Waals surface area (Å²) in [5, 5.41) is 0. The largest absolute Gasteiger partial charge is 0.369 e. The third-order valence-corrected chi connectivity index (χ3v) is 5.16. The Balaban J connectivity index is 1.70. The summed E-state index contributed by atoms with van der Waals surface area (Å²) in [6.45, 7) is 0.898. The number of amides is 1. The van der Waals surface area contributed by atoms with E-state index in [2.05, 4.69) is 9.55 Å². The Bertz CT molecular complexity index is 1210. The molecule has 140 valence electrons. The van der Waals surface area contributed by atoms with Gasteiger partial charge in [-0.05, 0) is 42.8 Å². The molecule has 0 bridgehead atoms. The van der Waals surface area contributed by atoms with Crippen LogP contribution in [0, 0.1) is 5.82 Å². The summed E-state index contributed by atoms with van der Waals surface area (Å²) in [5.74, 6) is 0.370. The fourth-order valence-electron chi connectivity index (χ4n) is 3.91. The Morgan fingerprint density at radius 2 is 1.93 bits per heavy atom. The molecule has 0 fully saturated rings. The van der Waals surface area contributed by atoms with Crippen LogP contribution in [0.2, 0.25) is 0 Å². The Hall–Kier alpha value is -3.48. The smallest absolute Gasteiger partial charge is 0.223 e. The van der Waals surface area contributed by atoms with Gasteiger partial charge in [0.1, 0.15) is 17.3 Å². The van der Waals surface area contributed by atoms with Crippen LogP contribution < -0.4 is 5.73 Å². The number of imidazole rings is 2. The highest BCUT2D eigenvalue weighted by atomic mass is 19.1. The van der Waals surface area contributed by atoms with Gasteiger partial charge in [0, 0.05) is 36.5 Å². The summed E-state index contributed by atoms with van der Waals surface area (Å²) in [6, 6.07) is 10.3. The number of fused-ring (bicyclic) bond motifs is 2. The number of primary amides is 1. The van der Waals surface area contributed by atoms with E-state index in [-0.39, 0.29) is 12.2 Å². The molecule has 0 aliphatic carbocycles. The summed E-state index contributed by atoms with van der Waals surface area (Å²) >= 11 is 0. The predicted molar refractivity (Wildman–Crippen MR) is 103 cm³/mol. The zero-order valence-corrected chi connectivity index (χ0v) is 15.1. The molecular formula is C21H18FN5O. The fourth-order valence-corrected chi connectivity index (χ4v) is 3.91. The van der Waals surface area contributed by atoms with Crippen molar-refractivity contribution >= 4 is 11.6 Å². The predicted octanol–water partition coefficient (Wildman–Crippen LogP) is 2.98. The minimum absolute atomic E-state index is 0.125. The molecule has 1 aromatic carbocycles. The van der Waals surface area contributed by atoms with E-state index in [1.54, 1.807) is 18.3 Å². The first kappa shape index (κ1) is 16.7. The van der Waals surface area contributed by atoms with Gasteiger partial charge in [0.15, 0.2) is 0 Å². The maximum atomic E-state index is 13.4. The highest BCUT2D eigenvalue weighted by Gasteiger charge is 2.23. The van der Waals surface area contributed by atoms with Crippen LogP contribution in [-0.2, 0) is 24.2 Å². The lowest BCUT2D eigenvalue weighted by atomic mass is 10.1. The highest BCUT2D eigenvalue weighted by molar-refractivity contribution is 5.80. The van der Waals surface area contributed by atoms with Crippen LogP contribution in [0.15, 0.2) is 48.8 Å². The second kappa shape index (κ2) is 6.30. The van der Waals surface area contributed by atoms with Crippen molar-refractivity contribution in [2.45, 2.75) is 25.8 Å². The average molecular weight is 375 g/mol. The van der Waals surface area contributed by atoms with Crippen LogP contribution in [0.3, 0.4) is 0 Å². The van der Waals surface area contributed by atoms with Gasteiger partial charge in [-0.15, -0.1) is 0 Å². The maximum absolute atomic E-state index is 13.4. The summed E-state index contributed by atoms with van der Waals surface area (Å²) in [4.78, 5) is 20.6. The fraction of sp³-hybridized carbons (Fsp3) is 0.190. The second-order valence-electron chi connectivity index (χ2n) is 7.03. The lowest BCUT2D eigenvalue weighted by Gasteiger charge is -2.10. The van der Waals surface area contributed by atoms with Crippen molar-refractivity contribution in [1.82, 2.24) is 18.9 Å². The SMILES string of the molecule is NC(=O)Cc1cnc2ccc(-c3c(-c4ccc(F)cc4)nc4n3CCC4)cn12. The second-order valence-corrected chi connectivity index (χ2v) is 7.03. The number of nitrogens with zero attached hydrogens (tertiary/aromatic N) is 4. The molecule has 4 heterocycles. The van der Waals surface area contributed by atoms with Gasteiger partial charge >= 0.3 is 0 Å². The van der Waals surface area contributed by atoms with E-state index >= 15 is 0 Å². The molecule has 1 amide bonds. The van der Waals surface area contributed by atoms with Gasteiger partial charge in [-0.3, -0.25) is 4.79 Å². The molecule has 28 heavy (non-hydrogen) atoms. The molecule has 4 aromatic rings. The van der Waals surface area contributed by atoms with E-state index in [4.69, 9.17) is 10.7 Å². The lowest BCUT2D eigenvalue weighted by molar-refractivity contribution is -0.117. The first-order valence-electron chi connectivity index (χ1n) is 9.20. The van der Waals surface area contributed by atoms with Crippen molar-refractivity contribution < 1.29 is 9.18 Å². The number of benzene rings is 1. The molecule has 6 nitrogen and oxygen atoms in total. The average Bonchev–Trinajstić information content (AvgIpc) is 3.36. The lowest BCUT2D eigenvalue weighted by Crippen LogP contribution is -2.14. The molecule has 5 rings (SSSR count). The third-order valence-electron chi connectivity index (χ3n) is 5.16. The van der Waals surface area contributed by atoms with Crippen molar-refractivity contribution in [2.75, 3.05) is 0 Å². The number of carbonyl (C=O) groups is 1. The summed E-state index contributed by atoms with van der Waals surface area (Å²) < 4.78 is 17.5. The van der Waals surface area contributed by atoms with Gasteiger partial charge in [-0.25, -0.2) is 14.4 Å². The van der Waals surface area contributed by atoms with Gasteiger partial charge < -0.3 is 14.7 Å². The number of aromatic nitrogens is 4. The molecule has 3 aromatic heterocycles. The number of hydrogen-bond acceptors (Lipinski definition) is 3. The van der Waals surface area contributed by atoms with E-state index in [9.17, 15) is 9.18 Å². The van der Waals surface area contributed by atoms with Crippen molar-refractivity contribution in [2.24, 2.45) is 5.73 Å². The monoisotopic (exact) mass is 375 g/mol. The highest BCUT2D eigenvalue weighted by Crippen LogP contribution is 2.36. The molecule has 1 aliphatic rings. The molecule has 0 unspecified atom stereocenters. The van der Waals surface area contributed by atoms with Gasteiger partial charge in [0.05, 0.1) is 23.5 Å². The zero-order chi connectivity index (χ0) is 19.3. The minimum atomic E-state index is -0.399. The van der Waals surface area contributed by atoms with Gasteiger partial charge in [0.25, 0.3) is 0 Å². The van der Waals surface area contributed by atoms with E-state index in [0.29, 0.717) is 0 Å². The van der Waals surface area contributed by atoms with Crippen LogP contribution in [0.1, 0.15) is 17.9 Å². The number of aryl methyl sites for hydroxylation is 1. The number of halogens is 1. The summed E-state index contributed by atoms with van der Waals surface area (Å²) in [6.07, 6.45) is 5.75. The molecule has 0 atom stereocenters. The van der Waals surface area contributed by atoms with Crippen molar-refractivity contribution in [1.29, 1.82) is 0 Å². The number of nitrogens with two attached hydrogens (primary N) is 1. The van der Waals surface area contributed by atoms with Crippen LogP contribution in [-0.4, -0.2) is 24.8 Å². The van der Waals surface area contributed by atoms with E-state index < -0.39 is 5.91 Å². The Morgan fingerprint density at radius 3 is 2.71 bits per heavy atom. The first-order valence-corrected chi connectivity index (χ1v) is 9.20. The molecule has 0 radical (unpaired) electrons. The molecule has 0 spiro atoms. The maximum Gasteiger partial charge on any atom is 0.223 e. The van der Waals surface area contributed by atoms with Gasteiger partial charge in [0.2, 0.25) is 5.91 Å². The normalized spacial score (nSPS) is 13.2. The van der Waals surface area contributed by atoms with E-state index in [1.807, 2.05) is 22.7 Å². The molecule has 1 aliphatic heterocycles. The van der Waals surface area contributed by atoms with Crippen LogP contribution >= 0.6 is 0 Å². The Morgan fingerprint density at radius 1 is 1.14 bits per heavy atom. The standard InChI is InChI=1S/C21H18FN5O/c22-15-6-3-13(4-7-15)20-21(26-9-1-2-19(26)25-20)14-5-8-18-24-11-16(10-17(23)28)27(18)12-14/h3-8,11-12H,1-2,9-10H2,(H2,23,28). The Labute approximate surface area is 160 Å². The topological polar surface area (TPSA) is 78.2 Å². The quantitative estimate of drug-likeness (QED) is 0.596. The van der Waals surface area contributed by atoms with E-state index in [0.717, 1.165) is 59.1 Å². The van der Waals surface area contributed by atoms with E-state index in [1.165, 1.54) is 12.1 Å². The number of hydrogen-bond donors (Lipinski definition) is 1. The minimum Gasteiger partial charge on any atom is -0.369 e. The Kier molecular flexibility index (Phi) is 3.75. The first-order chi connectivity index (χ1) is 13.6. The van der Waals surface area contributed by atoms with Gasteiger partial charge in [-0.1, -0.05) is 0 Å². The summed E-state index contributed by atoms with van der Waals surface area (Å²) in [5.41, 5.74) is 10.6. The van der Waals surface area contributed by atoms with Crippen LogP contribution in [0.25, 0.3) is 28.2 Å². The zero-order valence-electron chi connectivity index (χ0n) is 15.1. The van der Waals surface area contributed by atoms with Gasteiger partial charge in [-0.2, -0.15) is 0 Å². The van der Waals surface area contributed by atoms with Crippen molar-refractivity contribution in [3.8, 4) is 22.5 Å². The van der Waals surface area contributed by atoms with Crippen LogP contribution in [0.4, 0.5) is 4.39 Å². The number of pyridine rings is 1. The van der Waals surface area contributed by atoms with Crippen LogP contribution in [0.5, 0.6) is 0 Å². The molecule has 2 N–H and O–H groups in total. The van der Waals surface area contributed by atoms with Crippen molar-refractivity contribution in [3.63, 3.8) is 0 Å². The molecular weight excluding hydrogens is 357 g/mol. The molecule has 7 heteroatoms.